The summed E-state index contributed by atoms with van der Waals surface area (Å²) < 4.78 is 20.7. The third-order valence-corrected chi connectivity index (χ3v) is 9.54. The van der Waals surface area contributed by atoms with Gasteiger partial charge in [0.05, 0.1) is 37.2 Å². The summed E-state index contributed by atoms with van der Waals surface area (Å²) in [5.74, 6) is 0.241. The lowest BCUT2D eigenvalue weighted by molar-refractivity contribution is -0.117. The number of amides is 1. The number of ether oxygens (including phenoxy) is 1. The predicted molar refractivity (Wildman–Crippen MR) is 162 cm³/mol. The number of aromatic nitrogens is 3. The number of aliphatic hydroxyl groups excluding tert-OH is 1. The lowest BCUT2D eigenvalue weighted by Gasteiger charge is -2.35. The van der Waals surface area contributed by atoms with E-state index in [0.29, 0.717) is 71.8 Å². The Morgan fingerprint density at radius 2 is 1.88 bits per heavy atom. The van der Waals surface area contributed by atoms with Gasteiger partial charge >= 0.3 is 0 Å². The maximum atomic E-state index is 15.3. The first kappa shape index (κ1) is 29.1. The van der Waals surface area contributed by atoms with E-state index in [1.54, 1.807) is 12.3 Å². The maximum Gasteiger partial charge on any atom is 0.239 e. The van der Waals surface area contributed by atoms with E-state index in [1.807, 2.05) is 4.90 Å². The fourth-order valence-electron chi connectivity index (χ4n) is 6.14. The van der Waals surface area contributed by atoms with Crippen LogP contribution in [0.15, 0.2) is 24.7 Å². The van der Waals surface area contributed by atoms with Gasteiger partial charge in [0.1, 0.15) is 34.1 Å². The highest BCUT2D eigenvalue weighted by Gasteiger charge is 2.31. The minimum atomic E-state index is -0.775. The van der Waals surface area contributed by atoms with Gasteiger partial charge in [-0.2, -0.15) is 0 Å². The first-order chi connectivity index (χ1) is 20.5. The Morgan fingerprint density at radius 1 is 1.10 bits per heavy atom. The maximum absolute atomic E-state index is 15.3. The summed E-state index contributed by atoms with van der Waals surface area (Å²) in [7, 11) is 0. The van der Waals surface area contributed by atoms with E-state index in [0.717, 1.165) is 52.1 Å². The average molecular weight is 599 g/mol. The summed E-state index contributed by atoms with van der Waals surface area (Å²) in [6, 6.07) is 3.34. The highest BCUT2D eigenvalue weighted by atomic mass is 32.1. The van der Waals surface area contributed by atoms with Crippen LogP contribution < -0.4 is 15.1 Å². The molecule has 3 saturated heterocycles. The molecule has 42 heavy (non-hydrogen) atoms. The number of nitrogens with zero attached hydrogens (tertiary/aromatic N) is 7. The molecule has 3 aliphatic rings. The van der Waals surface area contributed by atoms with Crippen LogP contribution >= 0.6 is 11.3 Å². The molecule has 3 aromatic rings. The molecule has 2 unspecified atom stereocenters. The molecule has 11 nitrogen and oxygen atoms in total. The second-order valence-electron chi connectivity index (χ2n) is 11.2. The van der Waals surface area contributed by atoms with Crippen molar-refractivity contribution in [2.24, 2.45) is 5.92 Å². The Bertz CT molecular complexity index is 1380. The van der Waals surface area contributed by atoms with E-state index in [4.69, 9.17) is 4.74 Å². The number of hydrogen-bond acceptors (Lipinski definition) is 11. The fraction of sp³-hybridized carbons (Fsp3) is 0.586. The van der Waals surface area contributed by atoms with Crippen LogP contribution in [0, 0.1) is 11.7 Å². The molecule has 1 amide bonds. The molecule has 5 heterocycles. The van der Waals surface area contributed by atoms with Gasteiger partial charge in [-0.05, 0) is 31.5 Å². The number of carbonyl (C=O) groups is 1. The van der Waals surface area contributed by atoms with Crippen LogP contribution in [0.25, 0.3) is 10.9 Å². The third-order valence-electron chi connectivity index (χ3n) is 8.56. The van der Waals surface area contributed by atoms with Crippen molar-refractivity contribution in [2.75, 3.05) is 93.8 Å². The zero-order valence-corrected chi connectivity index (χ0v) is 24.9. The molecule has 0 spiro atoms. The van der Waals surface area contributed by atoms with Gasteiger partial charge in [-0.15, -0.1) is 0 Å². The number of likely N-dealkylation sites (N-methyl/N-ethyl adjacent to an activating group) is 1. The quantitative estimate of drug-likeness (QED) is 0.402. The monoisotopic (exact) mass is 598 g/mol. The largest absolute Gasteiger partial charge is 0.386 e. The number of anilines is 3. The SMILES string of the molecule is CCN1CCN(CC(=O)Nc2cnc(C(O)C3CCCN(c4ncnc5cc(N6CCOCC6)c(F)cc45)C3)s2)CC1. The molecule has 226 valence electrons. The molecule has 13 heteroatoms. The Hall–Kier alpha value is -2.97. The number of thiazole rings is 1. The molecule has 2 aromatic heterocycles. The fourth-order valence-corrected chi connectivity index (χ4v) is 7.05. The van der Waals surface area contributed by atoms with E-state index >= 15 is 4.39 Å². The van der Waals surface area contributed by atoms with E-state index < -0.39 is 6.10 Å². The van der Waals surface area contributed by atoms with Gasteiger partial charge in [0, 0.05) is 63.7 Å². The third kappa shape index (κ3) is 6.50. The number of morpholine rings is 1. The van der Waals surface area contributed by atoms with Gasteiger partial charge in [-0.1, -0.05) is 18.3 Å². The lowest BCUT2D eigenvalue weighted by Crippen LogP contribution is -2.48. The molecule has 6 rings (SSSR count). The molecule has 3 aliphatic heterocycles. The van der Waals surface area contributed by atoms with Gasteiger partial charge in [0.15, 0.2) is 0 Å². The van der Waals surface area contributed by atoms with E-state index in [2.05, 4.69) is 41.9 Å². The van der Waals surface area contributed by atoms with Crippen molar-refractivity contribution in [1.29, 1.82) is 0 Å². The van der Waals surface area contributed by atoms with Gasteiger partial charge in [-0.25, -0.2) is 19.3 Å². The summed E-state index contributed by atoms with van der Waals surface area (Å²) in [6.45, 7) is 11.0. The van der Waals surface area contributed by atoms with Crippen molar-refractivity contribution in [3.63, 3.8) is 0 Å². The lowest BCUT2D eigenvalue weighted by atomic mass is 9.92. The van der Waals surface area contributed by atoms with Crippen molar-refractivity contribution >= 4 is 44.7 Å². The summed E-state index contributed by atoms with van der Waals surface area (Å²) in [5, 5.41) is 16.1. The smallest absolute Gasteiger partial charge is 0.239 e. The highest BCUT2D eigenvalue weighted by molar-refractivity contribution is 7.15. The molecule has 2 N–H and O–H groups in total. The number of piperazine rings is 1. The molecule has 0 aliphatic carbocycles. The zero-order chi connectivity index (χ0) is 29.1. The van der Waals surface area contributed by atoms with Crippen LogP contribution in [0.2, 0.25) is 0 Å². The number of benzene rings is 1. The summed E-state index contributed by atoms with van der Waals surface area (Å²) >= 11 is 1.32. The Balaban J connectivity index is 1.10. The molecule has 0 bridgehead atoms. The van der Waals surface area contributed by atoms with Crippen LogP contribution in [0.5, 0.6) is 0 Å². The van der Waals surface area contributed by atoms with Crippen molar-refractivity contribution in [1.82, 2.24) is 24.8 Å². The van der Waals surface area contributed by atoms with Crippen molar-refractivity contribution in [2.45, 2.75) is 25.9 Å². The second kappa shape index (κ2) is 13.1. The number of aliphatic hydroxyl groups is 1. The van der Waals surface area contributed by atoms with Crippen LogP contribution in [0.3, 0.4) is 0 Å². The number of carbonyl (C=O) groups excluding carboxylic acids is 1. The molecular formula is C29H39FN8O3S. The van der Waals surface area contributed by atoms with Crippen molar-refractivity contribution < 1.29 is 19.0 Å². The standard InChI is InChI=1S/C29H39FN8O3S/c1-2-35-6-8-36(9-7-35)18-25(39)34-26-16-31-29(42-26)27(40)20-4-3-5-38(17-20)28-21-14-22(30)24(15-23(21)32-19-33-28)37-10-12-41-13-11-37/h14-16,19-20,27,40H,2-13,17-18H2,1H3,(H,34,39). The van der Waals surface area contributed by atoms with Crippen LogP contribution in [0.4, 0.5) is 20.9 Å². The summed E-state index contributed by atoms with van der Waals surface area (Å²) in [5.41, 5.74) is 1.23. The molecule has 2 atom stereocenters. The highest BCUT2D eigenvalue weighted by Crippen LogP contribution is 2.37. The Morgan fingerprint density at radius 3 is 2.67 bits per heavy atom. The number of halogens is 1. The Kier molecular flexibility index (Phi) is 9.10. The molecule has 0 saturated carbocycles. The number of hydrogen-bond donors (Lipinski definition) is 2. The second-order valence-corrected chi connectivity index (χ2v) is 12.3. The number of nitrogens with one attached hydrogen (secondary N) is 1. The predicted octanol–water partition coefficient (Wildman–Crippen LogP) is 2.59. The topological polar surface area (TPSA) is 110 Å². The molecule has 3 fully saturated rings. The summed E-state index contributed by atoms with van der Waals surface area (Å²) in [4.78, 5) is 34.7. The number of piperidine rings is 1. The minimum Gasteiger partial charge on any atom is -0.386 e. The number of fused-ring (bicyclic) bond motifs is 1. The van der Waals surface area contributed by atoms with Crippen molar-refractivity contribution in [3.05, 3.63) is 35.5 Å². The Labute approximate surface area is 249 Å². The van der Waals surface area contributed by atoms with Crippen LogP contribution in [-0.4, -0.2) is 114 Å². The van der Waals surface area contributed by atoms with Gasteiger partial charge < -0.3 is 29.9 Å². The van der Waals surface area contributed by atoms with Crippen molar-refractivity contribution in [3.8, 4) is 0 Å². The summed E-state index contributed by atoms with van der Waals surface area (Å²) in [6.07, 6.45) is 4.08. The molecular weight excluding hydrogens is 559 g/mol. The van der Waals surface area contributed by atoms with E-state index in [9.17, 15) is 9.90 Å². The average Bonchev–Trinajstić information content (AvgIpc) is 3.49. The van der Waals surface area contributed by atoms with Gasteiger partial charge in [0.25, 0.3) is 0 Å². The normalized spacial score (nSPS) is 21.5. The van der Waals surface area contributed by atoms with Crippen LogP contribution in [0.1, 0.15) is 30.9 Å². The van der Waals surface area contributed by atoms with Crippen LogP contribution in [-0.2, 0) is 9.53 Å². The molecule has 0 radical (unpaired) electrons. The minimum absolute atomic E-state index is 0.0619. The van der Waals surface area contributed by atoms with E-state index in [1.165, 1.54) is 23.7 Å². The first-order valence-corrected chi connectivity index (χ1v) is 15.7. The number of rotatable bonds is 8. The molecule has 1 aromatic carbocycles. The van der Waals surface area contributed by atoms with E-state index in [-0.39, 0.29) is 17.6 Å². The van der Waals surface area contributed by atoms with Gasteiger partial charge in [0.2, 0.25) is 5.91 Å². The van der Waals surface area contributed by atoms with Gasteiger partial charge in [-0.3, -0.25) is 9.69 Å². The first-order valence-electron chi connectivity index (χ1n) is 14.9. The zero-order valence-electron chi connectivity index (χ0n) is 24.0.